The molecule has 2 aromatic heterocycles. The Bertz CT molecular complexity index is 1400. The van der Waals surface area contributed by atoms with Crippen molar-refractivity contribution < 1.29 is 13.2 Å². The van der Waals surface area contributed by atoms with Crippen LogP contribution in [-0.4, -0.2) is 28.5 Å². The van der Waals surface area contributed by atoms with Crippen LogP contribution >= 0.6 is 15.9 Å². The first kappa shape index (κ1) is 21.0. The van der Waals surface area contributed by atoms with Crippen LogP contribution in [0.2, 0.25) is 0 Å². The third-order valence-corrected chi connectivity index (χ3v) is 6.78. The first-order valence-corrected chi connectivity index (χ1v) is 11.4. The maximum atomic E-state index is 13.0. The van der Waals surface area contributed by atoms with Gasteiger partial charge in [0.2, 0.25) is 0 Å². The topological polar surface area (TPSA) is 85.2 Å². The molecule has 0 saturated heterocycles. The number of nitrogens with zero attached hydrogens (tertiary/aromatic N) is 4. The number of halogens is 1. The molecule has 0 bridgehead atoms. The number of aromatic nitrogens is 3. The molecule has 31 heavy (non-hydrogen) atoms. The zero-order valence-corrected chi connectivity index (χ0v) is 18.8. The number of hydrogen-bond donors (Lipinski definition) is 0. The van der Waals surface area contributed by atoms with Gasteiger partial charge in [0.05, 0.1) is 16.8 Å². The highest BCUT2D eigenvalue weighted by molar-refractivity contribution is 9.10. The smallest absolute Gasteiger partial charge is 0.269 e. The molecule has 2 heterocycles. The minimum absolute atomic E-state index is 0.130. The lowest BCUT2D eigenvalue weighted by atomic mass is 10.2. The van der Waals surface area contributed by atoms with E-state index in [1.54, 1.807) is 36.4 Å². The van der Waals surface area contributed by atoms with E-state index in [2.05, 4.69) is 32.6 Å². The number of carbonyl (C=O) groups excluding carboxylic acids is 1. The zero-order chi connectivity index (χ0) is 22.2. The van der Waals surface area contributed by atoms with Crippen molar-refractivity contribution in [2.75, 3.05) is 4.90 Å². The number of hydrogen-bond acceptors (Lipinski definition) is 5. The maximum Gasteiger partial charge on any atom is 0.283 e. The van der Waals surface area contributed by atoms with Gasteiger partial charge in [-0.2, -0.15) is 17.6 Å². The SMILES string of the molecule is C=CC(=O)N(c1ccc(Br)cc1)c1ccc2c(cnn2S(=O)(=O)c2ccc(C)cc2)n1. The molecule has 4 rings (SSSR count). The van der Waals surface area contributed by atoms with Gasteiger partial charge in [-0.3, -0.25) is 9.69 Å². The van der Waals surface area contributed by atoms with E-state index >= 15 is 0 Å². The highest BCUT2D eigenvalue weighted by Gasteiger charge is 2.23. The average molecular weight is 497 g/mol. The third kappa shape index (κ3) is 3.89. The molecule has 0 atom stereocenters. The second-order valence-electron chi connectivity index (χ2n) is 6.73. The minimum Gasteiger partial charge on any atom is -0.269 e. The molecule has 0 aliphatic heterocycles. The fourth-order valence-electron chi connectivity index (χ4n) is 3.06. The molecule has 156 valence electrons. The summed E-state index contributed by atoms with van der Waals surface area (Å²) < 4.78 is 27.9. The van der Waals surface area contributed by atoms with Crippen LogP contribution in [0.15, 0.2) is 88.9 Å². The Morgan fingerprint density at radius 3 is 2.39 bits per heavy atom. The van der Waals surface area contributed by atoms with Gasteiger partial charge in [-0.15, -0.1) is 0 Å². The molecule has 2 aromatic carbocycles. The second kappa shape index (κ2) is 8.09. The molecule has 0 saturated carbocycles. The molecule has 0 fully saturated rings. The average Bonchev–Trinajstić information content (AvgIpc) is 3.19. The Morgan fingerprint density at radius 1 is 1.06 bits per heavy atom. The molecule has 4 aromatic rings. The normalized spacial score (nSPS) is 11.4. The van der Waals surface area contributed by atoms with Crippen LogP contribution in [-0.2, 0) is 14.8 Å². The third-order valence-electron chi connectivity index (χ3n) is 4.63. The summed E-state index contributed by atoms with van der Waals surface area (Å²) in [6.07, 6.45) is 2.56. The Kier molecular flexibility index (Phi) is 5.47. The number of aryl methyl sites for hydroxylation is 1. The summed E-state index contributed by atoms with van der Waals surface area (Å²) in [5, 5.41) is 4.05. The number of pyridine rings is 1. The van der Waals surface area contributed by atoms with Crippen LogP contribution in [0, 0.1) is 6.92 Å². The molecule has 0 spiro atoms. The van der Waals surface area contributed by atoms with Crippen molar-refractivity contribution in [2.45, 2.75) is 11.8 Å². The second-order valence-corrected chi connectivity index (χ2v) is 9.42. The lowest BCUT2D eigenvalue weighted by Gasteiger charge is -2.20. The summed E-state index contributed by atoms with van der Waals surface area (Å²) in [4.78, 5) is 18.6. The van der Waals surface area contributed by atoms with Gasteiger partial charge in [-0.1, -0.05) is 40.2 Å². The summed E-state index contributed by atoms with van der Waals surface area (Å²) in [7, 11) is -3.89. The summed E-state index contributed by atoms with van der Waals surface area (Å²) in [6.45, 7) is 5.45. The van der Waals surface area contributed by atoms with Crippen LogP contribution in [0.1, 0.15) is 5.56 Å². The van der Waals surface area contributed by atoms with E-state index in [-0.39, 0.29) is 10.8 Å². The van der Waals surface area contributed by atoms with Crippen molar-refractivity contribution in [3.63, 3.8) is 0 Å². The van der Waals surface area contributed by atoms with E-state index in [0.29, 0.717) is 22.5 Å². The van der Waals surface area contributed by atoms with E-state index < -0.39 is 10.0 Å². The van der Waals surface area contributed by atoms with E-state index in [1.165, 1.54) is 29.3 Å². The van der Waals surface area contributed by atoms with Crippen LogP contribution in [0.5, 0.6) is 0 Å². The highest BCUT2D eigenvalue weighted by atomic mass is 79.9. The zero-order valence-electron chi connectivity index (χ0n) is 16.4. The van der Waals surface area contributed by atoms with Gasteiger partial charge < -0.3 is 0 Å². The Morgan fingerprint density at radius 2 is 1.74 bits per heavy atom. The van der Waals surface area contributed by atoms with Crippen LogP contribution < -0.4 is 4.90 Å². The van der Waals surface area contributed by atoms with E-state index in [9.17, 15) is 13.2 Å². The summed E-state index contributed by atoms with van der Waals surface area (Å²) in [5.74, 6) is -0.0409. The molecular weight excluding hydrogens is 480 g/mol. The molecule has 0 unspecified atom stereocenters. The maximum absolute atomic E-state index is 13.0. The number of rotatable bonds is 5. The van der Waals surface area contributed by atoms with Crippen molar-refractivity contribution in [3.8, 4) is 0 Å². The lowest BCUT2D eigenvalue weighted by Crippen LogP contribution is -2.24. The first-order chi connectivity index (χ1) is 14.8. The number of benzene rings is 2. The molecular formula is C22H17BrN4O3S. The van der Waals surface area contributed by atoms with Gasteiger partial charge in [0, 0.05) is 4.47 Å². The van der Waals surface area contributed by atoms with Crippen molar-refractivity contribution in [1.29, 1.82) is 0 Å². The molecule has 0 radical (unpaired) electrons. The van der Waals surface area contributed by atoms with Gasteiger partial charge in [-0.05, 0) is 61.5 Å². The fourth-order valence-corrected chi connectivity index (χ4v) is 4.59. The standard InChI is InChI=1S/C22H17BrN4O3S/c1-3-22(28)26(17-8-6-16(23)7-9-17)21-13-12-20-19(25-21)14-24-27(20)31(29,30)18-10-4-15(2)5-11-18/h3-14H,1H2,2H3. The molecule has 7 nitrogen and oxygen atoms in total. The van der Waals surface area contributed by atoms with Crippen LogP contribution in [0.25, 0.3) is 11.0 Å². The largest absolute Gasteiger partial charge is 0.283 e. The van der Waals surface area contributed by atoms with E-state index in [0.717, 1.165) is 14.1 Å². The van der Waals surface area contributed by atoms with Gasteiger partial charge in [0.1, 0.15) is 16.9 Å². The monoisotopic (exact) mass is 496 g/mol. The van der Waals surface area contributed by atoms with Gasteiger partial charge in [0.15, 0.2) is 0 Å². The van der Waals surface area contributed by atoms with Gasteiger partial charge >= 0.3 is 0 Å². The van der Waals surface area contributed by atoms with Crippen LogP contribution in [0.3, 0.4) is 0 Å². The van der Waals surface area contributed by atoms with Crippen molar-refractivity contribution >= 4 is 54.4 Å². The quantitative estimate of drug-likeness (QED) is 0.377. The fraction of sp³-hybridized carbons (Fsp3) is 0.0455. The number of fused-ring (bicyclic) bond motifs is 1. The molecule has 9 heteroatoms. The van der Waals surface area contributed by atoms with E-state index in [1.807, 2.05) is 19.1 Å². The number of amides is 1. The minimum atomic E-state index is -3.89. The van der Waals surface area contributed by atoms with Crippen molar-refractivity contribution in [1.82, 2.24) is 14.2 Å². The molecule has 0 N–H and O–H groups in total. The molecule has 0 aliphatic rings. The highest BCUT2D eigenvalue weighted by Crippen LogP contribution is 2.28. The summed E-state index contributed by atoms with van der Waals surface area (Å²) >= 11 is 3.37. The van der Waals surface area contributed by atoms with Crippen LogP contribution in [0.4, 0.5) is 11.5 Å². The van der Waals surface area contributed by atoms with Gasteiger partial charge in [-0.25, -0.2) is 4.98 Å². The summed E-state index contributed by atoms with van der Waals surface area (Å²) in [5.41, 5.74) is 2.20. The Hall–Kier alpha value is -3.30. The van der Waals surface area contributed by atoms with E-state index in [4.69, 9.17) is 0 Å². The predicted molar refractivity (Wildman–Crippen MR) is 123 cm³/mol. The van der Waals surface area contributed by atoms with Crippen molar-refractivity contribution in [3.05, 3.63) is 89.6 Å². The molecule has 0 aliphatic carbocycles. The number of carbonyl (C=O) groups is 1. The Labute approximate surface area is 187 Å². The van der Waals surface area contributed by atoms with Gasteiger partial charge in [0.25, 0.3) is 15.9 Å². The lowest BCUT2D eigenvalue weighted by molar-refractivity contribution is -0.113. The number of anilines is 2. The first-order valence-electron chi connectivity index (χ1n) is 9.20. The summed E-state index contributed by atoms with van der Waals surface area (Å²) in [6, 6.07) is 16.8. The Balaban J connectivity index is 1.80. The predicted octanol–water partition coefficient (Wildman–Crippen LogP) is 4.59. The van der Waals surface area contributed by atoms with Crippen molar-refractivity contribution in [2.24, 2.45) is 0 Å². The molecule has 1 amide bonds.